The van der Waals surface area contributed by atoms with E-state index < -0.39 is 0 Å². The topological polar surface area (TPSA) is 37.4 Å². The van der Waals surface area contributed by atoms with Crippen LogP contribution in [-0.4, -0.2) is 29.6 Å². The number of carbonyl (C=O) groups is 2. The van der Waals surface area contributed by atoms with Crippen LogP contribution in [0.2, 0.25) is 0 Å². The Morgan fingerprint density at radius 3 is 2.78 bits per heavy atom. The van der Waals surface area contributed by atoms with Gasteiger partial charge in [0, 0.05) is 24.6 Å². The van der Waals surface area contributed by atoms with Crippen molar-refractivity contribution in [3.63, 3.8) is 0 Å². The van der Waals surface area contributed by atoms with Gasteiger partial charge in [-0.15, -0.1) is 11.3 Å². The Morgan fingerprint density at radius 1 is 1.15 bits per heavy atom. The highest BCUT2D eigenvalue weighted by Crippen LogP contribution is 2.27. The van der Waals surface area contributed by atoms with Crippen LogP contribution >= 0.6 is 11.3 Å². The first-order chi connectivity index (χ1) is 13.1. The molecule has 0 aliphatic carbocycles. The molecule has 0 unspecified atom stereocenters. The molecular formula is C23H23NO2S. The Morgan fingerprint density at radius 2 is 1.96 bits per heavy atom. The lowest BCUT2D eigenvalue weighted by molar-refractivity contribution is 0.0813. The van der Waals surface area contributed by atoms with E-state index in [1.54, 1.807) is 6.92 Å². The van der Waals surface area contributed by atoms with Crippen molar-refractivity contribution in [1.82, 2.24) is 4.90 Å². The second kappa shape index (κ2) is 7.75. The van der Waals surface area contributed by atoms with Gasteiger partial charge in [-0.3, -0.25) is 14.5 Å². The van der Waals surface area contributed by atoms with Crippen molar-refractivity contribution in [2.75, 3.05) is 13.1 Å². The molecule has 1 atom stereocenters. The predicted octanol–water partition coefficient (Wildman–Crippen LogP) is 5.20. The van der Waals surface area contributed by atoms with Crippen LogP contribution in [0.5, 0.6) is 0 Å². The van der Waals surface area contributed by atoms with Gasteiger partial charge in [0.15, 0.2) is 11.6 Å². The molecule has 0 saturated carbocycles. The van der Waals surface area contributed by atoms with Crippen molar-refractivity contribution in [2.45, 2.75) is 26.3 Å². The Bertz CT molecular complexity index is 985. The lowest BCUT2D eigenvalue weighted by Crippen LogP contribution is -2.38. The average Bonchev–Trinajstić information content (AvgIpc) is 3.16. The number of carbonyl (C=O) groups excluding carboxylic acids is 2. The molecule has 4 rings (SSSR count). The number of thiophene rings is 1. The molecule has 4 heteroatoms. The first-order valence-electron chi connectivity index (χ1n) is 9.44. The molecule has 0 N–H and O–H groups in total. The highest BCUT2D eigenvalue weighted by molar-refractivity contribution is 7.12. The second-order valence-electron chi connectivity index (χ2n) is 7.34. The Hall–Kier alpha value is -2.30. The highest BCUT2D eigenvalue weighted by atomic mass is 32.1. The lowest BCUT2D eigenvalue weighted by Gasteiger charge is -2.32. The van der Waals surface area contributed by atoms with Gasteiger partial charge in [0.1, 0.15) is 0 Å². The van der Waals surface area contributed by atoms with Gasteiger partial charge in [-0.1, -0.05) is 42.5 Å². The van der Waals surface area contributed by atoms with Crippen molar-refractivity contribution >= 4 is 33.7 Å². The van der Waals surface area contributed by atoms with Gasteiger partial charge >= 0.3 is 0 Å². The Labute approximate surface area is 163 Å². The first-order valence-corrected chi connectivity index (χ1v) is 10.3. The molecule has 2 heterocycles. The maximum Gasteiger partial charge on any atom is 0.169 e. The number of ketones is 2. The fourth-order valence-corrected chi connectivity index (χ4v) is 4.78. The molecule has 138 valence electrons. The molecular weight excluding hydrogens is 354 g/mol. The maximum absolute atomic E-state index is 13.2. The zero-order chi connectivity index (χ0) is 18.8. The summed E-state index contributed by atoms with van der Waals surface area (Å²) in [6, 6.07) is 16.1. The number of rotatable bonds is 5. The zero-order valence-electron chi connectivity index (χ0n) is 15.5. The van der Waals surface area contributed by atoms with Crippen molar-refractivity contribution in [2.24, 2.45) is 5.92 Å². The molecule has 1 aliphatic rings. The van der Waals surface area contributed by atoms with Gasteiger partial charge in [0.05, 0.1) is 4.88 Å². The highest BCUT2D eigenvalue weighted by Gasteiger charge is 2.27. The van der Waals surface area contributed by atoms with E-state index in [1.807, 2.05) is 36.4 Å². The zero-order valence-corrected chi connectivity index (χ0v) is 16.3. The third-order valence-electron chi connectivity index (χ3n) is 5.34. The van der Waals surface area contributed by atoms with Crippen LogP contribution in [0.25, 0.3) is 10.8 Å². The molecule has 0 radical (unpaired) electrons. The third kappa shape index (κ3) is 3.87. The average molecular weight is 378 g/mol. The number of hydrogen-bond donors (Lipinski definition) is 0. The summed E-state index contributed by atoms with van der Waals surface area (Å²) in [5, 5.41) is 4.23. The van der Waals surface area contributed by atoms with E-state index in [0.717, 1.165) is 53.7 Å². The Balaban J connectivity index is 1.50. The molecule has 1 fully saturated rings. The van der Waals surface area contributed by atoms with E-state index in [1.165, 1.54) is 16.9 Å². The molecule has 0 spiro atoms. The van der Waals surface area contributed by atoms with E-state index >= 15 is 0 Å². The summed E-state index contributed by atoms with van der Waals surface area (Å²) in [5.74, 6) is 0.413. The normalized spacial score (nSPS) is 17.9. The van der Waals surface area contributed by atoms with Gasteiger partial charge in [-0.05, 0) is 54.1 Å². The maximum atomic E-state index is 13.2. The predicted molar refractivity (Wildman–Crippen MR) is 111 cm³/mol. The van der Waals surface area contributed by atoms with Crippen LogP contribution in [0.4, 0.5) is 0 Å². The van der Waals surface area contributed by atoms with Gasteiger partial charge in [0.25, 0.3) is 0 Å². The van der Waals surface area contributed by atoms with Crippen LogP contribution in [0.1, 0.15) is 45.4 Å². The van der Waals surface area contributed by atoms with Crippen LogP contribution in [0.3, 0.4) is 0 Å². The summed E-state index contributed by atoms with van der Waals surface area (Å²) in [6.07, 6.45) is 1.98. The molecule has 2 aromatic carbocycles. The SMILES string of the molecule is CC(=O)c1cc(CN2CCC[C@@H](C(=O)c3cccc4ccccc34)C2)cs1. The minimum atomic E-state index is 0.0375. The van der Waals surface area contributed by atoms with Gasteiger partial charge in [-0.2, -0.15) is 0 Å². The quantitative estimate of drug-likeness (QED) is 0.574. The molecule has 0 amide bonds. The monoisotopic (exact) mass is 377 g/mol. The summed E-state index contributed by atoms with van der Waals surface area (Å²) in [4.78, 5) is 27.9. The number of benzene rings is 2. The van der Waals surface area contributed by atoms with Crippen molar-refractivity contribution in [1.29, 1.82) is 0 Å². The molecule has 3 aromatic rings. The number of fused-ring (bicyclic) bond motifs is 1. The standard InChI is InChI=1S/C23H23NO2S/c1-16(25)22-12-17(15-27-22)13-24-11-5-8-19(14-24)23(26)21-10-4-7-18-6-2-3-9-20(18)21/h2-4,6-7,9-10,12,15,19H,5,8,11,13-14H2,1H3/t19-/m1/s1. The summed E-state index contributed by atoms with van der Waals surface area (Å²) >= 11 is 1.51. The molecule has 0 bridgehead atoms. The van der Waals surface area contributed by atoms with E-state index in [4.69, 9.17) is 0 Å². The largest absolute Gasteiger partial charge is 0.298 e. The Kier molecular flexibility index (Phi) is 5.19. The fourth-order valence-electron chi connectivity index (χ4n) is 3.97. The number of nitrogens with zero attached hydrogens (tertiary/aromatic N) is 1. The van der Waals surface area contributed by atoms with Crippen LogP contribution in [-0.2, 0) is 6.54 Å². The van der Waals surface area contributed by atoms with Crippen LogP contribution < -0.4 is 0 Å². The first kappa shape index (κ1) is 18.1. The third-order valence-corrected chi connectivity index (χ3v) is 6.42. The molecule has 1 aliphatic heterocycles. The summed E-state index contributed by atoms with van der Waals surface area (Å²) in [5.41, 5.74) is 2.01. The fraction of sp³-hybridized carbons (Fsp3) is 0.304. The number of piperidine rings is 1. The van der Waals surface area contributed by atoms with Gasteiger partial charge in [0.2, 0.25) is 0 Å². The number of hydrogen-bond acceptors (Lipinski definition) is 4. The molecule has 1 aromatic heterocycles. The summed E-state index contributed by atoms with van der Waals surface area (Å²) in [6.45, 7) is 4.20. The van der Waals surface area contributed by atoms with Crippen molar-refractivity contribution < 1.29 is 9.59 Å². The lowest BCUT2D eigenvalue weighted by atomic mass is 9.88. The molecule has 27 heavy (non-hydrogen) atoms. The van der Waals surface area contributed by atoms with Gasteiger partial charge < -0.3 is 0 Å². The second-order valence-corrected chi connectivity index (χ2v) is 8.25. The van der Waals surface area contributed by atoms with E-state index in [2.05, 4.69) is 22.4 Å². The van der Waals surface area contributed by atoms with E-state index in [9.17, 15) is 9.59 Å². The smallest absolute Gasteiger partial charge is 0.169 e. The molecule has 3 nitrogen and oxygen atoms in total. The minimum Gasteiger partial charge on any atom is -0.298 e. The minimum absolute atomic E-state index is 0.0375. The summed E-state index contributed by atoms with van der Waals surface area (Å²) < 4.78 is 0. The van der Waals surface area contributed by atoms with Crippen molar-refractivity contribution in [3.8, 4) is 0 Å². The summed E-state index contributed by atoms with van der Waals surface area (Å²) in [7, 11) is 0. The molecule has 1 saturated heterocycles. The van der Waals surface area contributed by atoms with Crippen LogP contribution in [0, 0.1) is 5.92 Å². The van der Waals surface area contributed by atoms with E-state index in [0.29, 0.717) is 0 Å². The van der Waals surface area contributed by atoms with Crippen LogP contribution in [0.15, 0.2) is 53.9 Å². The number of likely N-dealkylation sites (tertiary alicyclic amines) is 1. The number of Topliss-reactive ketones (excluding diaryl/α,β-unsaturated/α-hetero) is 2. The van der Waals surface area contributed by atoms with Crippen molar-refractivity contribution in [3.05, 3.63) is 69.9 Å². The van der Waals surface area contributed by atoms with E-state index in [-0.39, 0.29) is 17.5 Å². The van der Waals surface area contributed by atoms with Gasteiger partial charge in [-0.25, -0.2) is 0 Å².